The highest BCUT2D eigenvalue weighted by Crippen LogP contribution is 2.25. The predicted molar refractivity (Wildman–Crippen MR) is 80.8 cm³/mol. The summed E-state index contributed by atoms with van der Waals surface area (Å²) in [6, 6.07) is 4.48. The molecule has 0 N–H and O–H groups in total. The molecule has 8 heteroatoms. The minimum atomic E-state index is -4.27. The van der Waals surface area contributed by atoms with Crippen LogP contribution in [0.3, 0.4) is 0 Å². The van der Waals surface area contributed by atoms with Crippen LogP contribution in [0.5, 0.6) is 0 Å². The zero-order chi connectivity index (χ0) is 17.9. The lowest BCUT2D eigenvalue weighted by Crippen LogP contribution is -2.54. The summed E-state index contributed by atoms with van der Waals surface area (Å²) in [6.07, 6.45) is -4.27. The third-order valence-electron chi connectivity index (χ3n) is 4.18. The normalized spacial score (nSPS) is 17.5. The highest BCUT2D eigenvalue weighted by atomic mass is 19.4. The molecule has 0 unspecified atom stereocenters. The average molecular weight is 344 g/mol. The van der Waals surface area contributed by atoms with Crippen molar-refractivity contribution in [3.8, 4) is 0 Å². The number of ether oxygens (including phenoxy) is 1. The van der Waals surface area contributed by atoms with E-state index in [1.165, 1.54) is 41.2 Å². The molecule has 5 nitrogen and oxygen atoms in total. The van der Waals surface area contributed by atoms with E-state index in [4.69, 9.17) is 0 Å². The highest BCUT2D eigenvalue weighted by Gasteiger charge is 2.41. The number of carbonyl (C=O) groups excluding carboxylic acids is 2. The van der Waals surface area contributed by atoms with Crippen molar-refractivity contribution in [2.24, 2.45) is 0 Å². The molecule has 1 aliphatic heterocycles. The van der Waals surface area contributed by atoms with Crippen molar-refractivity contribution in [3.05, 3.63) is 35.4 Å². The lowest BCUT2D eigenvalue weighted by molar-refractivity contribution is -0.181. The molecule has 1 aliphatic rings. The molecule has 1 aromatic rings. The van der Waals surface area contributed by atoms with E-state index in [0.717, 1.165) is 6.92 Å². The topological polar surface area (TPSA) is 49.9 Å². The smallest absolute Gasteiger partial charge is 0.403 e. The SMILES string of the molecule is COC(=O)c1ccc(C(=O)N2CCN([C@H](C)C(F)(F)F)CC2)cc1. The number of benzene rings is 1. The Hall–Kier alpha value is -2.09. The second-order valence-electron chi connectivity index (χ2n) is 5.61. The summed E-state index contributed by atoms with van der Waals surface area (Å²) in [7, 11) is 1.27. The first-order valence-electron chi connectivity index (χ1n) is 7.52. The number of carbonyl (C=O) groups is 2. The second kappa shape index (κ2) is 7.21. The number of rotatable bonds is 3. The number of esters is 1. The standard InChI is InChI=1S/C16H19F3N2O3/c1-11(16(17,18)19)20-7-9-21(10-8-20)14(22)12-3-5-13(6-4-12)15(23)24-2/h3-6,11H,7-10H2,1-2H3/t11-/m1/s1. The van der Waals surface area contributed by atoms with Crippen LogP contribution in [-0.2, 0) is 4.74 Å². The van der Waals surface area contributed by atoms with Gasteiger partial charge in [0.1, 0.15) is 6.04 Å². The fourth-order valence-corrected chi connectivity index (χ4v) is 2.57. The van der Waals surface area contributed by atoms with Gasteiger partial charge in [0.05, 0.1) is 12.7 Å². The fourth-order valence-electron chi connectivity index (χ4n) is 2.57. The molecule has 132 valence electrons. The Morgan fingerprint density at radius 3 is 2.00 bits per heavy atom. The molecule has 1 aromatic carbocycles. The summed E-state index contributed by atoms with van der Waals surface area (Å²) in [5.41, 5.74) is 0.720. The van der Waals surface area contributed by atoms with Gasteiger partial charge in [0.25, 0.3) is 5.91 Å². The molecule has 1 saturated heterocycles. The van der Waals surface area contributed by atoms with Gasteiger partial charge in [0.15, 0.2) is 0 Å². The van der Waals surface area contributed by atoms with E-state index in [2.05, 4.69) is 4.74 Å². The van der Waals surface area contributed by atoms with Gasteiger partial charge in [-0.2, -0.15) is 13.2 Å². The van der Waals surface area contributed by atoms with Crippen LogP contribution in [0, 0.1) is 0 Å². The molecule has 1 fully saturated rings. The van der Waals surface area contributed by atoms with E-state index in [9.17, 15) is 22.8 Å². The van der Waals surface area contributed by atoms with Crippen molar-refractivity contribution in [2.45, 2.75) is 19.1 Å². The molecule has 0 aromatic heterocycles. The minimum Gasteiger partial charge on any atom is -0.465 e. The number of amides is 1. The van der Waals surface area contributed by atoms with E-state index in [0.29, 0.717) is 11.1 Å². The van der Waals surface area contributed by atoms with Gasteiger partial charge in [-0.1, -0.05) is 0 Å². The highest BCUT2D eigenvalue weighted by molar-refractivity contribution is 5.96. The van der Waals surface area contributed by atoms with Gasteiger partial charge in [0, 0.05) is 31.7 Å². The lowest BCUT2D eigenvalue weighted by Gasteiger charge is -2.38. The summed E-state index contributed by atoms with van der Waals surface area (Å²) in [5, 5.41) is 0. The largest absolute Gasteiger partial charge is 0.465 e. The maximum Gasteiger partial charge on any atom is 0.403 e. The molecule has 0 spiro atoms. The molecule has 0 radical (unpaired) electrons. The first kappa shape index (κ1) is 18.3. The van der Waals surface area contributed by atoms with E-state index >= 15 is 0 Å². The molecule has 2 rings (SSSR count). The number of piperazine rings is 1. The average Bonchev–Trinajstić information content (AvgIpc) is 2.59. The van der Waals surface area contributed by atoms with Crippen LogP contribution in [-0.4, -0.2) is 67.2 Å². The van der Waals surface area contributed by atoms with Crippen LogP contribution >= 0.6 is 0 Å². The monoisotopic (exact) mass is 344 g/mol. The zero-order valence-corrected chi connectivity index (χ0v) is 13.5. The molecule has 0 aliphatic carbocycles. The first-order valence-corrected chi connectivity index (χ1v) is 7.52. The number of alkyl halides is 3. The molecule has 0 bridgehead atoms. The van der Waals surface area contributed by atoms with Gasteiger partial charge in [-0.25, -0.2) is 4.79 Å². The van der Waals surface area contributed by atoms with Crippen LogP contribution in [0.1, 0.15) is 27.6 Å². The van der Waals surface area contributed by atoms with Gasteiger partial charge in [0.2, 0.25) is 0 Å². The predicted octanol–water partition coefficient (Wildman–Crippen LogP) is 2.18. The summed E-state index contributed by atoms with van der Waals surface area (Å²) >= 11 is 0. The van der Waals surface area contributed by atoms with Gasteiger partial charge >= 0.3 is 12.1 Å². The van der Waals surface area contributed by atoms with Gasteiger partial charge in [-0.05, 0) is 31.2 Å². The minimum absolute atomic E-state index is 0.173. The maximum absolute atomic E-state index is 12.7. The molecule has 0 saturated carbocycles. The number of hydrogen-bond donors (Lipinski definition) is 0. The summed E-state index contributed by atoms with van der Waals surface area (Å²) < 4.78 is 42.8. The molecule has 1 heterocycles. The Morgan fingerprint density at radius 2 is 1.54 bits per heavy atom. The van der Waals surface area contributed by atoms with Crippen LogP contribution in [0.25, 0.3) is 0 Å². The Morgan fingerprint density at radius 1 is 1.04 bits per heavy atom. The maximum atomic E-state index is 12.7. The van der Waals surface area contributed by atoms with E-state index in [-0.39, 0.29) is 32.1 Å². The first-order chi connectivity index (χ1) is 11.2. The quantitative estimate of drug-likeness (QED) is 0.789. The van der Waals surface area contributed by atoms with Gasteiger partial charge in [-0.15, -0.1) is 0 Å². The van der Waals surface area contributed by atoms with E-state index in [1.54, 1.807) is 0 Å². The zero-order valence-electron chi connectivity index (χ0n) is 13.5. The fraction of sp³-hybridized carbons (Fsp3) is 0.500. The van der Waals surface area contributed by atoms with Crippen LogP contribution < -0.4 is 0 Å². The van der Waals surface area contributed by atoms with E-state index in [1.807, 2.05) is 0 Å². The number of methoxy groups -OCH3 is 1. The van der Waals surface area contributed by atoms with Crippen LogP contribution in [0.4, 0.5) is 13.2 Å². The van der Waals surface area contributed by atoms with Gasteiger partial charge in [-0.3, -0.25) is 9.69 Å². The molecular weight excluding hydrogens is 325 g/mol. The number of hydrogen-bond acceptors (Lipinski definition) is 4. The number of halogens is 3. The molecular formula is C16H19F3N2O3. The molecule has 1 amide bonds. The van der Waals surface area contributed by atoms with Crippen molar-refractivity contribution in [1.29, 1.82) is 0 Å². The number of nitrogens with zero attached hydrogens (tertiary/aromatic N) is 2. The van der Waals surface area contributed by atoms with E-state index < -0.39 is 18.2 Å². The second-order valence-corrected chi connectivity index (χ2v) is 5.61. The summed E-state index contributed by atoms with van der Waals surface area (Å²) in [6.45, 7) is 1.94. The Balaban J connectivity index is 1.96. The van der Waals surface area contributed by atoms with Crippen molar-refractivity contribution in [2.75, 3.05) is 33.3 Å². The van der Waals surface area contributed by atoms with Crippen LogP contribution in [0.15, 0.2) is 24.3 Å². The van der Waals surface area contributed by atoms with Gasteiger partial charge < -0.3 is 9.64 Å². The van der Waals surface area contributed by atoms with Crippen molar-refractivity contribution in [1.82, 2.24) is 9.80 Å². The summed E-state index contributed by atoms with van der Waals surface area (Å²) in [4.78, 5) is 26.6. The lowest BCUT2D eigenvalue weighted by atomic mass is 10.1. The Bertz CT molecular complexity index is 594. The van der Waals surface area contributed by atoms with Crippen molar-refractivity contribution >= 4 is 11.9 Å². The van der Waals surface area contributed by atoms with Crippen molar-refractivity contribution in [3.63, 3.8) is 0 Å². The third-order valence-corrected chi connectivity index (χ3v) is 4.18. The molecule has 1 atom stereocenters. The van der Waals surface area contributed by atoms with Crippen LogP contribution in [0.2, 0.25) is 0 Å². The third kappa shape index (κ3) is 4.05. The Kier molecular flexibility index (Phi) is 5.48. The van der Waals surface area contributed by atoms with Crippen molar-refractivity contribution < 1.29 is 27.5 Å². The Labute approximate surface area is 138 Å². The molecule has 24 heavy (non-hydrogen) atoms. The summed E-state index contributed by atoms with van der Waals surface area (Å²) in [5.74, 6) is -0.755.